The van der Waals surface area contributed by atoms with E-state index in [0.717, 1.165) is 35.5 Å². The normalized spacial score (nSPS) is 46.5. The molecule has 4 aliphatic rings. The maximum absolute atomic E-state index is 4.81. The molecule has 0 aromatic heterocycles. The summed E-state index contributed by atoms with van der Waals surface area (Å²) in [7, 11) is 0. The molecule has 160 valence electrons. The largest absolute Gasteiger partial charge is 0.172 e. The Morgan fingerprint density at radius 2 is 1.75 bits per heavy atom. The Labute approximate surface area is 181 Å². The lowest BCUT2D eigenvalue weighted by Crippen LogP contribution is -2.51. The van der Waals surface area contributed by atoms with E-state index in [4.69, 9.17) is 12.6 Å². The summed E-state index contributed by atoms with van der Waals surface area (Å²) in [5.74, 6) is 5.76. The van der Waals surface area contributed by atoms with Crippen LogP contribution in [0.3, 0.4) is 0 Å². The zero-order valence-corrected chi connectivity index (χ0v) is 20.2. The van der Waals surface area contributed by atoms with Crippen molar-refractivity contribution in [3.8, 4) is 0 Å². The van der Waals surface area contributed by atoms with E-state index in [2.05, 4.69) is 40.7 Å². The van der Waals surface area contributed by atoms with Crippen molar-refractivity contribution in [1.82, 2.24) is 0 Å². The fraction of sp³-hybridized carbons (Fsp3) is 0.926. The number of thiol groups is 1. The molecule has 8 unspecified atom stereocenters. The first-order valence-corrected chi connectivity index (χ1v) is 13.2. The monoisotopic (exact) mass is 402 g/mol. The minimum absolute atomic E-state index is 0.504. The lowest BCUT2D eigenvalue weighted by Gasteiger charge is -2.59. The van der Waals surface area contributed by atoms with Crippen molar-refractivity contribution in [2.24, 2.45) is 46.3 Å². The molecule has 4 aliphatic carbocycles. The molecule has 8 atom stereocenters. The lowest BCUT2D eigenvalue weighted by atomic mass is 9.46. The molecule has 4 rings (SSSR count). The first-order valence-electron chi connectivity index (χ1n) is 12.6. The third-order valence-corrected chi connectivity index (χ3v) is 10.7. The maximum atomic E-state index is 4.81. The van der Waals surface area contributed by atoms with Crippen LogP contribution in [-0.4, -0.2) is 5.25 Å². The Kier molecular flexibility index (Phi) is 6.07. The number of fused-ring (bicyclic) bond motifs is 5. The van der Waals surface area contributed by atoms with E-state index in [0.29, 0.717) is 16.1 Å². The van der Waals surface area contributed by atoms with Crippen molar-refractivity contribution in [2.45, 2.75) is 110 Å². The summed E-state index contributed by atoms with van der Waals surface area (Å²) < 4.78 is 0. The van der Waals surface area contributed by atoms with Crippen LogP contribution in [0.4, 0.5) is 0 Å². The summed E-state index contributed by atoms with van der Waals surface area (Å²) in [4.78, 5) is 0. The van der Waals surface area contributed by atoms with E-state index in [-0.39, 0.29) is 0 Å². The van der Waals surface area contributed by atoms with Crippen LogP contribution in [-0.2, 0) is 0 Å². The second-order valence-electron chi connectivity index (χ2n) is 12.2. The van der Waals surface area contributed by atoms with Crippen LogP contribution in [0.1, 0.15) is 105 Å². The predicted molar refractivity (Wildman–Crippen MR) is 126 cm³/mol. The van der Waals surface area contributed by atoms with Gasteiger partial charge in [-0.3, -0.25) is 0 Å². The standard InChI is InChI=1S/C27H46S/c1-18(2)7-6-8-19(3)23-11-12-24-22-10-9-20-17-21(28)13-15-26(20,4)25(22)14-16-27(23,24)5/h17-19,21-25,28H,6-16H2,1-5H3. The highest BCUT2D eigenvalue weighted by Gasteiger charge is 2.59. The fourth-order valence-corrected chi connectivity index (χ4v) is 9.04. The van der Waals surface area contributed by atoms with Gasteiger partial charge in [-0.15, -0.1) is 0 Å². The molecule has 0 nitrogen and oxygen atoms in total. The number of hydrogen-bond acceptors (Lipinski definition) is 1. The highest BCUT2D eigenvalue weighted by molar-refractivity contribution is 7.81. The molecule has 0 radical (unpaired) electrons. The van der Waals surface area contributed by atoms with Gasteiger partial charge in [0.2, 0.25) is 0 Å². The number of rotatable bonds is 5. The molecule has 28 heavy (non-hydrogen) atoms. The molecule has 0 heterocycles. The zero-order chi connectivity index (χ0) is 20.1. The second-order valence-corrected chi connectivity index (χ2v) is 12.8. The van der Waals surface area contributed by atoms with Gasteiger partial charge >= 0.3 is 0 Å². The molecule has 0 aromatic rings. The molecule has 0 saturated heterocycles. The van der Waals surface area contributed by atoms with Crippen molar-refractivity contribution < 1.29 is 0 Å². The van der Waals surface area contributed by atoms with Crippen LogP contribution < -0.4 is 0 Å². The van der Waals surface area contributed by atoms with E-state index in [9.17, 15) is 0 Å². The van der Waals surface area contributed by atoms with Gasteiger partial charge in [0, 0.05) is 5.25 Å². The third kappa shape index (κ3) is 3.54. The van der Waals surface area contributed by atoms with Gasteiger partial charge in [0.15, 0.2) is 0 Å². The Bertz CT molecular complexity index is 591. The van der Waals surface area contributed by atoms with Crippen molar-refractivity contribution in [3.63, 3.8) is 0 Å². The third-order valence-electron chi connectivity index (χ3n) is 10.3. The van der Waals surface area contributed by atoms with Crippen LogP contribution in [0, 0.1) is 46.3 Å². The molecule has 0 aliphatic heterocycles. The average Bonchev–Trinajstić information content (AvgIpc) is 2.99. The van der Waals surface area contributed by atoms with Gasteiger partial charge in [0.1, 0.15) is 0 Å². The van der Waals surface area contributed by atoms with Gasteiger partial charge in [-0.25, -0.2) is 0 Å². The maximum Gasteiger partial charge on any atom is 0.0199 e. The van der Waals surface area contributed by atoms with E-state index in [1.807, 2.05) is 0 Å². The highest BCUT2D eigenvalue weighted by atomic mass is 32.1. The summed E-state index contributed by atoms with van der Waals surface area (Å²) in [5, 5.41) is 0.524. The van der Waals surface area contributed by atoms with E-state index >= 15 is 0 Å². The van der Waals surface area contributed by atoms with Crippen LogP contribution in [0.25, 0.3) is 0 Å². The molecule has 3 fully saturated rings. The Balaban J connectivity index is 1.48. The van der Waals surface area contributed by atoms with Gasteiger partial charge in [-0.05, 0) is 97.7 Å². The number of allylic oxidation sites excluding steroid dienone is 1. The second kappa shape index (κ2) is 7.97. The molecular weight excluding hydrogens is 356 g/mol. The van der Waals surface area contributed by atoms with Crippen molar-refractivity contribution >= 4 is 12.6 Å². The minimum atomic E-state index is 0.504. The van der Waals surface area contributed by atoms with Crippen LogP contribution in [0.2, 0.25) is 0 Å². The first-order chi connectivity index (χ1) is 13.3. The Morgan fingerprint density at radius 1 is 0.964 bits per heavy atom. The van der Waals surface area contributed by atoms with Gasteiger partial charge < -0.3 is 0 Å². The Morgan fingerprint density at radius 3 is 2.50 bits per heavy atom. The molecule has 0 bridgehead atoms. The van der Waals surface area contributed by atoms with E-state index in [1.165, 1.54) is 70.6 Å². The topological polar surface area (TPSA) is 0 Å². The van der Waals surface area contributed by atoms with Gasteiger partial charge in [0.05, 0.1) is 0 Å². The Hall–Kier alpha value is 0.0900. The average molecular weight is 403 g/mol. The summed E-state index contributed by atoms with van der Waals surface area (Å²) in [6.07, 6.45) is 18.5. The van der Waals surface area contributed by atoms with Gasteiger partial charge in [-0.1, -0.05) is 65.5 Å². The van der Waals surface area contributed by atoms with Crippen LogP contribution in [0.5, 0.6) is 0 Å². The predicted octanol–water partition coefficient (Wildman–Crippen LogP) is 8.33. The summed E-state index contributed by atoms with van der Waals surface area (Å²) in [5.41, 5.74) is 2.93. The van der Waals surface area contributed by atoms with Crippen molar-refractivity contribution in [1.29, 1.82) is 0 Å². The fourth-order valence-electron chi connectivity index (χ4n) is 8.73. The van der Waals surface area contributed by atoms with E-state index in [1.54, 1.807) is 5.57 Å². The van der Waals surface area contributed by atoms with Crippen molar-refractivity contribution in [2.75, 3.05) is 0 Å². The molecule has 0 aromatic carbocycles. The SMILES string of the molecule is CC(C)CCCC(C)C1CCC2C3CCC4=CC(S)CCC4(C)C3CCC12C. The summed E-state index contributed by atoms with van der Waals surface area (Å²) >= 11 is 4.81. The van der Waals surface area contributed by atoms with Gasteiger partial charge in [0.25, 0.3) is 0 Å². The molecule has 0 N–H and O–H groups in total. The van der Waals surface area contributed by atoms with E-state index < -0.39 is 0 Å². The number of hydrogen-bond donors (Lipinski definition) is 1. The zero-order valence-electron chi connectivity index (χ0n) is 19.3. The smallest absolute Gasteiger partial charge is 0.0199 e. The highest BCUT2D eigenvalue weighted by Crippen LogP contribution is 2.67. The van der Waals surface area contributed by atoms with Gasteiger partial charge in [-0.2, -0.15) is 12.6 Å². The molecule has 1 heteroatoms. The molecule has 3 saturated carbocycles. The van der Waals surface area contributed by atoms with Crippen molar-refractivity contribution in [3.05, 3.63) is 11.6 Å². The molecular formula is C27H46S. The van der Waals surface area contributed by atoms with Crippen LogP contribution >= 0.6 is 12.6 Å². The molecule has 0 spiro atoms. The molecule has 0 amide bonds. The first kappa shape index (κ1) is 21.3. The summed E-state index contributed by atoms with van der Waals surface area (Å²) in [6, 6.07) is 0. The minimum Gasteiger partial charge on any atom is -0.172 e. The lowest BCUT2D eigenvalue weighted by molar-refractivity contribution is -0.0590. The van der Waals surface area contributed by atoms with Crippen LogP contribution in [0.15, 0.2) is 11.6 Å². The quantitative estimate of drug-likeness (QED) is 0.347. The summed E-state index contributed by atoms with van der Waals surface area (Å²) in [6.45, 7) is 12.7.